The van der Waals surface area contributed by atoms with Gasteiger partial charge in [0.25, 0.3) is 0 Å². The maximum atomic E-state index is 12.9. The third-order valence-electron chi connectivity index (χ3n) is 4.26. The maximum absolute atomic E-state index is 12.9. The molecule has 0 aromatic heterocycles. The Morgan fingerprint density at radius 2 is 1.73 bits per heavy atom. The average Bonchev–Trinajstić information content (AvgIpc) is 3.01. The molecule has 0 amide bonds. The van der Waals surface area contributed by atoms with Gasteiger partial charge in [-0.05, 0) is 48.1 Å². The van der Waals surface area contributed by atoms with Crippen LogP contribution in [0.2, 0.25) is 0 Å². The number of hydrogen-bond donors (Lipinski definition) is 0. The Labute approximate surface area is 132 Å². The molecule has 0 saturated carbocycles. The van der Waals surface area contributed by atoms with E-state index in [9.17, 15) is 8.42 Å². The highest BCUT2D eigenvalue weighted by atomic mass is 32.2. The van der Waals surface area contributed by atoms with Gasteiger partial charge in [0.15, 0.2) is 0 Å². The summed E-state index contributed by atoms with van der Waals surface area (Å²) >= 11 is 0. The Morgan fingerprint density at radius 3 is 2.45 bits per heavy atom. The van der Waals surface area contributed by atoms with Crippen molar-refractivity contribution in [3.63, 3.8) is 0 Å². The predicted octanol–water partition coefficient (Wildman–Crippen LogP) is 3.39. The molecule has 2 aromatic carbocycles. The van der Waals surface area contributed by atoms with Crippen LogP contribution in [-0.4, -0.2) is 19.3 Å². The predicted molar refractivity (Wildman–Crippen MR) is 88.2 cm³/mol. The van der Waals surface area contributed by atoms with Crippen LogP contribution in [0.25, 0.3) is 0 Å². The largest absolute Gasteiger partial charge is 0.243 e. The molecule has 0 N–H and O–H groups in total. The lowest BCUT2D eigenvalue weighted by Gasteiger charge is -2.21. The van der Waals surface area contributed by atoms with Crippen molar-refractivity contribution in [1.29, 1.82) is 0 Å². The molecule has 0 heterocycles. The number of benzene rings is 2. The first kappa shape index (κ1) is 15.3. The monoisotopic (exact) mass is 315 g/mol. The van der Waals surface area contributed by atoms with Crippen LogP contribution >= 0.6 is 0 Å². The first-order valence-corrected chi connectivity index (χ1v) is 9.21. The zero-order valence-electron chi connectivity index (χ0n) is 12.8. The summed E-state index contributed by atoms with van der Waals surface area (Å²) in [5.41, 5.74) is 3.50. The van der Waals surface area contributed by atoms with Gasteiger partial charge in [0, 0.05) is 13.1 Å². The lowest BCUT2D eigenvalue weighted by Crippen LogP contribution is -2.30. The normalized spacial score (nSPS) is 14.3. The zero-order valence-corrected chi connectivity index (χ0v) is 13.6. The number of hydrogen-bond acceptors (Lipinski definition) is 2. The van der Waals surface area contributed by atoms with E-state index in [1.807, 2.05) is 49.4 Å². The highest BCUT2D eigenvalue weighted by Crippen LogP contribution is 2.26. The summed E-state index contributed by atoms with van der Waals surface area (Å²) in [6.07, 6.45) is 3.18. The second-order valence-electron chi connectivity index (χ2n) is 5.70. The van der Waals surface area contributed by atoms with E-state index in [1.54, 1.807) is 10.4 Å². The molecule has 3 nitrogen and oxygen atoms in total. The average molecular weight is 315 g/mol. The summed E-state index contributed by atoms with van der Waals surface area (Å²) < 4.78 is 27.3. The van der Waals surface area contributed by atoms with Gasteiger partial charge in [0.1, 0.15) is 0 Å². The summed E-state index contributed by atoms with van der Waals surface area (Å²) in [5, 5.41) is 0. The molecule has 0 bridgehead atoms. The molecule has 0 radical (unpaired) electrons. The number of nitrogens with zero attached hydrogens (tertiary/aromatic N) is 1. The summed E-state index contributed by atoms with van der Waals surface area (Å²) in [6, 6.07) is 15.3. The molecule has 0 fully saturated rings. The van der Waals surface area contributed by atoms with E-state index in [0.717, 1.165) is 24.8 Å². The molecule has 22 heavy (non-hydrogen) atoms. The lowest BCUT2D eigenvalue weighted by atomic mass is 10.1. The van der Waals surface area contributed by atoms with Crippen LogP contribution in [0.1, 0.15) is 30.0 Å². The molecule has 3 rings (SSSR count). The molecule has 4 heteroatoms. The molecule has 0 spiro atoms. The molecule has 0 atom stereocenters. The van der Waals surface area contributed by atoms with Gasteiger partial charge in [-0.3, -0.25) is 0 Å². The molecule has 0 aliphatic heterocycles. The van der Waals surface area contributed by atoms with Gasteiger partial charge in [-0.25, -0.2) is 8.42 Å². The van der Waals surface area contributed by atoms with E-state index >= 15 is 0 Å². The Hall–Kier alpha value is -1.65. The van der Waals surface area contributed by atoms with E-state index in [0.29, 0.717) is 18.0 Å². The fourth-order valence-corrected chi connectivity index (χ4v) is 4.50. The minimum Gasteiger partial charge on any atom is -0.207 e. The highest BCUT2D eigenvalue weighted by Gasteiger charge is 2.24. The van der Waals surface area contributed by atoms with Gasteiger partial charge in [0.2, 0.25) is 10.0 Å². The van der Waals surface area contributed by atoms with Crippen LogP contribution in [0.4, 0.5) is 0 Å². The van der Waals surface area contributed by atoms with Crippen molar-refractivity contribution >= 4 is 10.0 Å². The Morgan fingerprint density at radius 1 is 1.00 bits per heavy atom. The van der Waals surface area contributed by atoms with Crippen molar-refractivity contribution in [2.75, 3.05) is 6.54 Å². The molecule has 0 saturated heterocycles. The summed E-state index contributed by atoms with van der Waals surface area (Å²) in [4.78, 5) is 0.422. The zero-order chi connectivity index (χ0) is 15.6. The molecule has 116 valence electrons. The minimum atomic E-state index is -3.44. The Kier molecular flexibility index (Phi) is 4.32. The fourth-order valence-electron chi connectivity index (χ4n) is 3.01. The van der Waals surface area contributed by atoms with Gasteiger partial charge in [-0.2, -0.15) is 4.31 Å². The molecule has 1 aliphatic rings. The van der Waals surface area contributed by atoms with E-state index in [-0.39, 0.29) is 0 Å². The van der Waals surface area contributed by atoms with Crippen LogP contribution < -0.4 is 0 Å². The van der Waals surface area contributed by atoms with Gasteiger partial charge in [-0.1, -0.05) is 43.3 Å². The first-order chi connectivity index (χ1) is 10.6. The highest BCUT2D eigenvalue weighted by molar-refractivity contribution is 7.89. The van der Waals surface area contributed by atoms with E-state index < -0.39 is 10.0 Å². The molecule has 2 aromatic rings. The van der Waals surface area contributed by atoms with Gasteiger partial charge in [-0.15, -0.1) is 0 Å². The Balaban J connectivity index is 1.90. The number of aryl methyl sites for hydroxylation is 2. The maximum Gasteiger partial charge on any atom is 0.243 e. The van der Waals surface area contributed by atoms with Crippen LogP contribution in [-0.2, 0) is 29.4 Å². The van der Waals surface area contributed by atoms with Crippen molar-refractivity contribution in [1.82, 2.24) is 4.31 Å². The second kappa shape index (κ2) is 6.23. The van der Waals surface area contributed by atoms with E-state index in [2.05, 4.69) is 0 Å². The topological polar surface area (TPSA) is 37.4 Å². The summed E-state index contributed by atoms with van der Waals surface area (Å²) in [6.45, 7) is 2.76. The van der Waals surface area contributed by atoms with Crippen LogP contribution in [0, 0.1) is 0 Å². The van der Waals surface area contributed by atoms with Gasteiger partial charge < -0.3 is 0 Å². The SMILES string of the molecule is CCN(Cc1ccccc1)S(=O)(=O)c1ccc2c(c1)CCC2. The minimum absolute atomic E-state index is 0.413. The van der Waals surface area contributed by atoms with Crippen molar-refractivity contribution < 1.29 is 8.42 Å². The smallest absolute Gasteiger partial charge is 0.207 e. The molecular formula is C18H21NO2S. The summed E-state index contributed by atoms with van der Waals surface area (Å²) in [7, 11) is -3.44. The van der Waals surface area contributed by atoms with Crippen molar-refractivity contribution in [3.05, 3.63) is 65.2 Å². The standard InChI is InChI=1S/C18H21NO2S/c1-2-19(14-15-7-4-3-5-8-15)22(20,21)18-12-11-16-9-6-10-17(16)13-18/h3-5,7-8,11-13H,2,6,9-10,14H2,1H3. The third kappa shape index (κ3) is 2.94. The molecular weight excluding hydrogens is 294 g/mol. The van der Waals surface area contributed by atoms with E-state index in [4.69, 9.17) is 0 Å². The fraction of sp³-hybridized carbons (Fsp3) is 0.333. The number of sulfonamides is 1. The quantitative estimate of drug-likeness (QED) is 0.848. The van der Waals surface area contributed by atoms with Crippen LogP contribution in [0.3, 0.4) is 0 Å². The number of rotatable bonds is 5. The van der Waals surface area contributed by atoms with Crippen molar-refractivity contribution in [3.8, 4) is 0 Å². The summed E-state index contributed by atoms with van der Waals surface area (Å²) in [5.74, 6) is 0. The number of fused-ring (bicyclic) bond motifs is 1. The van der Waals surface area contributed by atoms with Crippen LogP contribution in [0.15, 0.2) is 53.4 Å². The van der Waals surface area contributed by atoms with Crippen molar-refractivity contribution in [2.24, 2.45) is 0 Å². The second-order valence-corrected chi connectivity index (χ2v) is 7.64. The van der Waals surface area contributed by atoms with E-state index in [1.165, 1.54) is 11.1 Å². The molecule has 1 aliphatic carbocycles. The Bertz CT molecular complexity index is 754. The van der Waals surface area contributed by atoms with Crippen LogP contribution in [0.5, 0.6) is 0 Å². The first-order valence-electron chi connectivity index (χ1n) is 7.77. The third-order valence-corrected chi connectivity index (χ3v) is 6.18. The molecule has 0 unspecified atom stereocenters. The van der Waals surface area contributed by atoms with Gasteiger partial charge >= 0.3 is 0 Å². The lowest BCUT2D eigenvalue weighted by molar-refractivity contribution is 0.423. The van der Waals surface area contributed by atoms with Gasteiger partial charge in [0.05, 0.1) is 4.90 Å². The van der Waals surface area contributed by atoms with Crippen molar-refractivity contribution in [2.45, 2.75) is 37.6 Å².